The number of ether oxygens (including phenoxy) is 1. The standard InChI is InChI=1S/C18H20N2O2/c19-18(21)11-20-17-10-16(17)14-6-8-15(9-7-14)22-12-13-4-2-1-3-5-13/h1-9,16-17,20H,10-12H2,(H2,19,21)/t16?,17-/m0/s1. The third-order valence-electron chi connectivity index (χ3n) is 3.89. The Morgan fingerprint density at radius 3 is 2.55 bits per heavy atom. The summed E-state index contributed by atoms with van der Waals surface area (Å²) in [5, 5.41) is 3.16. The van der Waals surface area contributed by atoms with Gasteiger partial charge in [-0.15, -0.1) is 0 Å². The SMILES string of the molecule is NC(=O)CN[C@H]1CC1c1ccc(OCc2ccccc2)cc1. The zero-order chi connectivity index (χ0) is 15.4. The summed E-state index contributed by atoms with van der Waals surface area (Å²) in [6.07, 6.45) is 1.05. The average Bonchev–Trinajstić information content (AvgIpc) is 3.32. The summed E-state index contributed by atoms with van der Waals surface area (Å²) in [5.74, 6) is 1.03. The van der Waals surface area contributed by atoms with Crippen molar-refractivity contribution in [1.82, 2.24) is 5.32 Å². The van der Waals surface area contributed by atoms with Gasteiger partial charge in [0.15, 0.2) is 0 Å². The molecule has 0 heterocycles. The molecule has 2 aromatic carbocycles. The maximum Gasteiger partial charge on any atom is 0.231 e. The molecule has 0 aliphatic heterocycles. The highest BCUT2D eigenvalue weighted by Crippen LogP contribution is 2.41. The van der Waals surface area contributed by atoms with Gasteiger partial charge in [0.25, 0.3) is 0 Å². The summed E-state index contributed by atoms with van der Waals surface area (Å²) in [5.41, 5.74) is 7.57. The van der Waals surface area contributed by atoms with Crippen LogP contribution in [0.4, 0.5) is 0 Å². The molecule has 0 saturated heterocycles. The highest BCUT2D eigenvalue weighted by molar-refractivity contribution is 5.76. The van der Waals surface area contributed by atoms with Crippen LogP contribution in [0.1, 0.15) is 23.5 Å². The molecule has 1 saturated carbocycles. The highest BCUT2D eigenvalue weighted by atomic mass is 16.5. The molecule has 2 aromatic rings. The normalized spacial score (nSPS) is 19.6. The summed E-state index contributed by atoms with van der Waals surface area (Å²) < 4.78 is 5.78. The topological polar surface area (TPSA) is 64.4 Å². The van der Waals surface area contributed by atoms with Crippen LogP contribution in [0.25, 0.3) is 0 Å². The second-order valence-electron chi connectivity index (χ2n) is 5.64. The van der Waals surface area contributed by atoms with E-state index < -0.39 is 0 Å². The molecule has 114 valence electrons. The predicted molar refractivity (Wildman–Crippen MR) is 85.6 cm³/mol. The van der Waals surface area contributed by atoms with Crippen LogP contribution in [0.3, 0.4) is 0 Å². The first kappa shape index (κ1) is 14.6. The molecule has 22 heavy (non-hydrogen) atoms. The lowest BCUT2D eigenvalue weighted by Gasteiger charge is -2.07. The van der Waals surface area contributed by atoms with Crippen LogP contribution in [0, 0.1) is 0 Å². The molecular formula is C18H20N2O2. The Labute approximate surface area is 130 Å². The van der Waals surface area contributed by atoms with E-state index in [1.54, 1.807) is 0 Å². The van der Waals surface area contributed by atoms with E-state index in [0.29, 0.717) is 18.6 Å². The van der Waals surface area contributed by atoms with Crippen LogP contribution in [0.2, 0.25) is 0 Å². The van der Waals surface area contributed by atoms with Gasteiger partial charge in [-0.2, -0.15) is 0 Å². The van der Waals surface area contributed by atoms with Crippen LogP contribution >= 0.6 is 0 Å². The summed E-state index contributed by atoms with van der Waals surface area (Å²) in [6, 6.07) is 18.7. The Bertz CT molecular complexity index is 625. The molecule has 1 amide bonds. The fourth-order valence-corrected chi connectivity index (χ4v) is 2.57. The highest BCUT2D eigenvalue weighted by Gasteiger charge is 2.37. The van der Waals surface area contributed by atoms with Gasteiger partial charge in [-0.25, -0.2) is 0 Å². The van der Waals surface area contributed by atoms with Crippen molar-refractivity contribution in [3.63, 3.8) is 0 Å². The van der Waals surface area contributed by atoms with Gasteiger partial charge in [0.1, 0.15) is 12.4 Å². The number of amides is 1. The second-order valence-corrected chi connectivity index (χ2v) is 5.64. The third kappa shape index (κ3) is 3.86. The zero-order valence-corrected chi connectivity index (χ0v) is 12.4. The molecule has 0 bridgehead atoms. The van der Waals surface area contributed by atoms with Crippen LogP contribution in [-0.4, -0.2) is 18.5 Å². The molecule has 4 heteroatoms. The minimum Gasteiger partial charge on any atom is -0.489 e. The van der Waals surface area contributed by atoms with Crippen LogP contribution in [0.15, 0.2) is 54.6 Å². The lowest BCUT2D eigenvalue weighted by atomic mass is 10.1. The number of primary amides is 1. The van der Waals surface area contributed by atoms with Gasteiger partial charge in [0, 0.05) is 12.0 Å². The van der Waals surface area contributed by atoms with Crippen molar-refractivity contribution in [2.75, 3.05) is 6.54 Å². The molecule has 2 atom stereocenters. The fourth-order valence-electron chi connectivity index (χ4n) is 2.57. The van der Waals surface area contributed by atoms with E-state index >= 15 is 0 Å². The number of carbonyl (C=O) groups is 1. The number of hydrogen-bond donors (Lipinski definition) is 2. The predicted octanol–water partition coefficient (Wildman–Crippen LogP) is 2.20. The summed E-state index contributed by atoms with van der Waals surface area (Å²) >= 11 is 0. The molecule has 1 unspecified atom stereocenters. The van der Waals surface area contributed by atoms with E-state index in [9.17, 15) is 4.79 Å². The smallest absolute Gasteiger partial charge is 0.231 e. The molecule has 3 rings (SSSR count). The Balaban J connectivity index is 1.50. The van der Waals surface area contributed by atoms with Crippen LogP contribution in [-0.2, 0) is 11.4 Å². The molecule has 1 aliphatic carbocycles. The summed E-state index contributed by atoms with van der Waals surface area (Å²) in [4.78, 5) is 10.8. The molecular weight excluding hydrogens is 276 g/mol. The van der Waals surface area contributed by atoms with Crippen molar-refractivity contribution >= 4 is 5.91 Å². The van der Waals surface area contributed by atoms with E-state index in [2.05, 4.69) is 17.4 Å². The number of carbonyl (C=O) groups excluding carboxylic acids is 1. The fraction of sp³-hybridized carbons (Fsp3) is 0.278. The lowest BCUT2D eigenvalue weighted by molar-refractivity contribution is -0.117. The largest absolute Gasteiger partial charge is 0.489 e. The first-order valence-corrected chi connectivity index (χ1v) is 7.51. The van der Waals surface area contributed by atoms with E-state index in [1.807, 2.05) is 42.5 Å². The number of nitrogens with two attached hydrogens (primary N) is 1. The van der Waals surface area contributed by atoms with Gasteiger partial charge in [0.05, 0.1) is 6.54 Å². The quantitative estimate of drug-likeness (QED) is 0.823. The van der Waals surface area contributed by atoms with E-state index in [0.717, 1.165) is 17.7 Å². The Kier molecular flexibility index (Phi) is 4.39. The number of hydrogen-bond acceptors (Lipinski definition) is 3. The van der Waals surface area contributed by atoms with Crippen molar-refractivity contribution in [2.45, 2.75) is 25.0 Å². The van der Waals surface area contributed by atoms with Crippen LogP contribution < -0.4 is 15.8 Å². The third-order valence-corrected chi connectivity index (χ3v) is 3.89. The van der Waals surface area contributed by atoms with Gasteiger partial charge in [0.2, 0.25) is 5.91 Å². The number of nitrogens with one attached hydrogen (secondary N) is 1. The van der Waals surface area contributed by atoms with Crippen LogP contribution in [0.5, 0.6) is 5.75 Å². The average molecular weight is 296 g/mol. The van der Waals surface area contributed by atoms with Gasteiger partial charge in [-0.3, -0.25) is 4.79 Å². The van der Waals surface area contributed by atoms with Gasteiger partial charge in [-0.05, 0) is 29.7 Å². The Morgan fingerprint density at radius 1 is 1.14 bits per heavy atom. The minimum atomic E-state index is -0.310. The summed E-state index contributed by atoms with van der Waals surface area (Å²) in [7, 11) is 0. The van der Waals surface area contributed by atoms with Crippen molar-refractivity contribution in [3.05, 3.63) is 65.7 Å². The summed E-state index contributed by atoms with van der Waals surface area (Å²) in [6.45, 7) is 0.825. The zero-order valence-electron chi connectivity index (χ0n) is 12.4. The van der Waals surface area contributed by atoms with Crippen molar-refractivity contribution in [3.8, 4) is 5.75 Å². The molecule has 0 spiro atoms. The minimum absolute atomic E-state index is 0.249. The molecule has 3 N–H and O–H groups in total. The van der Waals surface area contributed by atoms with E-state index in [1.165, 1.54) is 5.56 Å². The maximum atomic E-state index is 10.8. The molecule has 4 nitrogen and oxygen atoms in total. The number of benzene rings is 2. The first-order valence-electron chi connectivity index (χ1n) is 7.51. The van der Waals surface area contributed by atoms with E-state index in [-0.39, 0.29) is 12.5 Å². The first-order chi connectivity index (χ1) is 10.7. The maximum absolute atomic E-state index is 10.8. The Morgan fingerprint density at radius 2 is 1.86 bits per heavy atom. The lowest BCUT2D eigenvalue weighted by Crippen LogP contribution is -2.30. The number of rotatable bonds is 7. The molecule has 1 fully saturated rings. The van der Waals surface area contributed by atoms with Gasteiger partial charge >= 0.3 is 0 Å². The van der Waals surface area contributed by atoms with Gasteiger partial charge < -0.3 is 15.8 Å². The van der Waals surface area contributed by atoms with Crippen molar-refractivity contribution in [1.29, 1.82) is 0 Å². The van der Waals surface area contributed by atoms with Crippen molar-refractivity contribution in [2.24, 2.45) is 5.73 Å². The molecule has 1 aliphatic rings. The molecule has 0 aromatic heterocycles. The van der Waals surface area contributed by atoms with Crippen molar-refractivity contribution < 1.29 is 9.53 Å². The second kappa shape index (κ2) is 6.62. The van der Waals surface area contributed by atoms with Gasteiger partial charge in [-0.1, -0.05) is 42.5 Å². The monoisotopic (exact) mass is 296 g/mol. The molecule has 0 radical (unpaired) electrons. The van der Waals surface area contributed by atoms with E-state index in [4.69, 9.17) is 10.5 Å². The Hall–Kier alpha value is -2.33.